The number of carboxylic acid groups (broad SMARTS) is 1. The van der Waals surface area contributed by atoms with Crippen molar-refractivity contribution in [2.24, 2.45) is 0 Å². The molecular weight excluding hydrogens is 264 g/mol. The molecule has 0 fully saturated rings. The first-order valence-electron chi connectivity index (χ1n) is 7.54. The van der Waals surface area contributed by atoms with Gasteiger partial charge in [0.2, 0.25) is 0 Å². The number of carbonyl (C=O) groups is 1. The predicted molar refractivity (Wildman–Crippen MR) is 86.5 cm³/mol. The highest BCUT2D eigenvalue weighted by Gasteiger charge is 2.35. The standard InChI is InChI=1S/C17H28N2O2/c1-6-19(7-2)13-15-10-8-14(9-11-15)12-17(3,16(20)21)18(4)5/h8-11H,6-7,12-13H2,1-5H3,(H,20,21). The Morgan fingerprint density at radius 1 is 1.10 bits per heavy atom. The van der Waals surface area contributed by atoms with E-state index in [1.54, 1.807) is 11.8 Å². The normalized spacial score (nSPS) is 14.4. The molecule has 21 heavy (non-hydrogen) atoms. The van der Waals surface area contributed by atoms with Gasteiger partial charge < -0.3 is 5.11 Å². The van der Waals surface area contributed by atoms with Crippen LogP contribution in [-0.4, -0.2) is 53.6 Å². The van der Waals surface area contributed by atoms with E-state index in [0.717, 1.165) is 25.2 Å². The highest BCUT2D eigenvalue weighted by molar-refractivity contribution is 5.78. The van der Waals surface area contributed by atoms with E-state index in [9.17, 15) is 9.90 Å². The van der Waals surface area contributed by atoms with Gasteiger partial charge in [-0.25, -0.2) is 0 Å². The molecule has 0 spiro atoms. The number of hydrogen-bond acceptors (Lipinski definition) is 3. The molecule has 1 unspecified atom stereocenters. The van der Waals surface area contributed by atoms with E-state index in [-0.39, 0.29) is 0 Å². The second kappa shape index (κ2) is 7.57. The summed E-state index contributed by atoms with van der Waals surface area (Å²) in [6.07, 6.45) is 0.501. The SMILES string of the molecule is CCN(CC)Cc1ccc(CC(C)(C(=O)O)N(C)C)cc1. The zero-order chi connectivity index (χ0) is 16.0. The lowest BCUT2D eigenvalue weighted by Crippen LogP contribution is -2.50. The van der Waals surface area contributed by atoms with Crippen molar-refractivity contribution in [3.63, 3.8) is 0 Å². The maximum atomic E-state index is 11.5. The van der Waals surface area contributed by atoms with E-state index < -0.39 is 11.5 Å². The van der Waals surface area contributed by atoms with Crippen LogP contribution in [0.4, 0.5) is 0 Å². The summed E-state index contributed by atoms with van der Waals surface area (Å²) in [5.41, 5.74) is 1.45. The van der Waals surface area contributed by atoms with Crippen LogP contribution in [-0.2, 0) is 17.8 Å². The van der Waals surface area contributed by atoms with Crippen LogP contribution in [0, 0.1) is 0 Å². The summed E-state index contributed by atoms with van der Waals surface area (Å²) in [6.45, 7) is 9.10. The van der Waals surface area contributed by atoms with Crippen molar-refractivity contribution >= 4 is 5.97 Å². The first-order valence-corrected chi connectivity index (χ1v) is 7.54. The van der Waals surface area contributed by atoms with Gasteiger partial charge in [-0.2, -0.15) is 0 Å². The van der Waals surface area contributed by atoms with E-state index in [0.29, 0.717) is 6.42 Å². The van der Waals surface area contributed by atoms with Crippen molar-refractivity contribution < 1.29 is 9.90 Å². The van der Waals surface area contributed by atoms with Gasteiger partial charge in [-0.3, -0.25) is 14.6 Å². The van der Waals surface area contributed by atoms with Gasteiger partial charge in [0, 0.05) is 13.0 Å². The van der Waals surface area contributed by atoms with Gasteiger partial charge in [-0.05, 0) is 45.2 Å². The lowest BCUT2D eigenvalue weighted by molar-refractivity contribution is -0.148. The third kappa shape index (κ3) is 4.55. The largest absolute Gasteiger partial charge is 0.480 e. The topological polar surface area (TPSA) is 43.8 Å². The van der Waals surface area contributed by atoms with Crippen LogP contribution in [0.25, 0.3) is 0 Å². The molecular formula is C17H28N2O2. The lowest BCUT2D eigenvalue weighted by Gasteiger charge is -2.32. The molecule has 0 amide bonds. The van der Waals surface area contributed by atoms with Crippen LogP contribution in [0.15, 0.2) is 24.3 Å². The van der Waals surface area contributed by atoms with Crippen molar-refractivity contribution in [1.82, 2.24) is 9.80 Å². The molecule has 118 valence electrons. The summed E-state index contributed by atoms with van der Waals surface area (Å²) in [5.74, 6) is -0.792. The molecule has 4 nitrogen and oxygen atoms in total. The third-order valence-electron chi connectivity index (χ3n) is 4.32. The molecule has 0 heterocycles. The molecule has 4 heteroatoms. The van der Waals surface area contributed by atoms with E-state index >= 15 is 0 Å². The molecule has 1 rings (SSSR count). The lowest BCUT2D eigenvalue weighted by atomic mass is 9.91. The molecule has 0 aliphatic heterocycles. The molecule has 1 aromatic rings. The summed E-state index contributed by atoms with van der Waals surface area (Å²) in [6, 6.07) is 8.30. The van der Waals surface area contributed by atoms with Gasteiger partial charge in [0.1, 0.15) is 5.54 Å². The summed E-state index contributed by atoms with van der Waals surface area (Å²) in [7, 11) is 3.62. The molecule has 1 aromatic carbocycles. The minimum Gasteiger partial charge on any atom is -0.480 e. The molecule has 0 aliphatic carbocycles. The molecule has 1 N–H and O–H groups in total. The quantitative estimate of drug-likeness (QED) is 0.799. The molecule has 1 atom stereocenters. The Morgan fingerprint density at radius 3 is 1.95 bits per heavy atom. The van der Waals surface area contributed by atoms with E-state index in [4.69, 9.17) is 0 Å². The van der Waals surface area contributed by atoms with Gasteiger partial charge in [0.05, 0.1) is 0 Å². The van der Waals surface area contributed by atoms with Crippen LogP contribution in [0.2, 0.25) is 0 Å². The van der Waals surface area contributed by atoms with Crippen molar-refractivity contribution in [2.45, 2.75) is 39.3 Å². The Labute approximate surface area is 128 Å². The number of rotatable bonds is 8. The third-order valence-corrected chi connectivity index (χ3v) is 4.32. The van der Waals surface area contributed by atoms with Crippen LogP contribution >= 0.6 is 0 Å². The maximum Gasteiger partial charge on any atom is 0.324 e. The van der Waals surface area contributed by atoms with E-state index in [1.165, 1.54) is 5.56 Å². The summed E-state index contributed by atoms with van der Waals surface area (Å²) < 4.78 is 0. The molecule has 0 aliphatic rings. The first-order chi connectivity index (χ1) is 9.83. The molecule has 0 aromatic heterocycles. The highest BCUT2D eigenvalue weighted by Crippen LogP contribution is 2.19. The minimum atomic E-state index is -0.875. The van der Waals surface area contributed by atoms with E-state index in [1.807, 2.05) is 26.2 Å². The zero-order valence-electron chi connectivity index (χ0n) is 13.9. The van der Waals surface area contributed by atoms with Crippen molar-refractivity contribution in [2.75, 3.05) is 27.2 Å². The van der Waals surface area contributed by atoms with Crippen molar-refractivity contribution in [3.05, 3.63) is 35.4 Å². The number of benzene rings is 1. The molecule has 0 radical (unpaired) electrons. The Morgan fingerprint density at radius 2 is 1.57 bits per heavy atom. The predicted octanol–water partition coefficient (Wildman–Crippen LogP) is 2.48. The second-order valence-electron chi connectivity index (χ2n) is 5.93. The van der Waals surface area contributed by atoms with Gasteiger partial charge in [-0.1, -0.05) is 38.1 Å². The smallest absolute Gasteiger partial charge is 0.324 e. The monoisotopic (exact) mass is 292 g/mol. The van der Waals surface area contributed by atoms with E-state index in [2.05, 4.69) is 30.9 Å². The summed E-state index contributed by atoms with van der Waals surface area (Å²) in [4.78, 5) is 15.6. The fourth-order valence-electron chi connectivity index (χ4n) is 2.29. The van der Waals surface area contributed by atoms with Crippen LogP contribution < -0.4 is 0 Å². The van der Waals surface area contributed by atoms with Gasteiger partial charge in [0.25, 0.3) is 0 Å². The summed E-state index contributed by atoms with van der Waals surface area (Å²) >= 11 is 0. The Balaban J connectivity index is 2.81. The van der Waals surface area contributed by atoms with Gasteiger partial charge >= 0.3 is 5.97 Å². The zero-order valence-corrected chi connectivity index (χ0v) is 13.9. The molecule has 0 saturated heterocycles. The molecule has 0 bridgehead atoms. The Bertz CT molecular complexity index is 452. The average Bonchev–Trinajstić information content (AvgIpc) is 2.45. The van der Waals surface area contributed by atoms with Crippen molar-refractivity contribution in [1.29, 1.82) is 0 Å². The highest BCUT2D eigenvalue weighted by atomic mass is 16.4. The van der Waals surface area contributed by atoms with Crippen molar-refractivity contribution in [3.8, 4) is 0 Å². The summed E-state index contributed by atoms with van der Waals surface area (Å²) in [5, 5.41) is 9.45. The maximum absolute atomic E-state index is 11.5. The Hall–Kier alpha value is -1.39. The number of hydrogen-bond donors (Lipinski definition) is 1. The van der Waals surface area contributed by atoms with Crippen LogP contribution in [0.5, 0.6) is 0 Å². The van der Waals surface area contributed by atoms with Crippen LogP contribution in [0.1, 0.15) is 31.9 Å². The second-order valence-corrected chi connectivity index (χ2v) is 5.93. The number of nitrogens with zero attached hydrogens (tertiary/aromatic N) is 2. The Kier molecular flexibility index (Phi) is 6.37. The van der Waals surface area contributed by atoms with Gasteiger partial charge in [0.15, 0.2) is 0 Å². The van der Waals surface area contributed by atoms with Gasteiger partial charge in [-0.15, -0.1) is 0 Å². The number of likely N-dealkylation sites (N-methyl/N-ethyl adjacent to an activating group) is 1. The van der Waals surface area contributed by atoms with Crippen LogP contribution in [0.3, 0.4) is 0 Å². The minimum absolute atomic E-state index is 0.501. The number of carboxylic acids is 1. The number of aliphatic carboxylic acids is 1. The fraction of sp³-hybridized carbons (Fsp3) is 0.588. The molecule has 0 saturated carbocycles. The fourth-order valence-corrected chi connectivity index (χ4v) is 2.29. The first kappa shape index (κ1) is 17.7. The average molecular weight is 292 g/mol.